The Morgan fingerprint density at radius 1 is 1.29 bits per heavy atom. The van der Waals surface area contributed by atoms with Gasteiger partial charge in [0.25, 0.3) is 0 Å². The number of hydrogen-bond acceptors (Lipinski definition) is 4. The monoisotopic (exact) mass is 313 g/mol. The van der Waals surface area contributed by atoms with Crippen molar-refractivity contribution in [1.82, 2.24) is 4.72 Å². The molecular weight excluding hydrogens is 290 g/mol. The van der Waals surface area contributed by atoms with E-state index in [9.17, 15) is 13.2 Å². The van der Waals surface area contributed by atoms with Gasteiger partial charge in [0.15, 0.2) is 0 Å². The Morgan fingerprint density at radius 3 is 2.43 bits per heavy atom. The molecule has 0 fully saturated rings. The highest BCUT2D eigenvalue weighted by Crippen LogP contribution is 2.24. The van der Waals surface area contributed by atoms with Gasteiger partial charge in [-0.05, 0) is 45.4 Å². The highest BCUT2D eigenvalue weighted by atomic mass is 32.2. The van der Waals surface area contributed by atoms with Crippen LogP contribution in [0.25, 0.3) is 0 Å². The first-order valence-corrected chi connectivity index (χ1v) is 8.18. The van der Waals surface area contributed by atoms with E-state index in [1.165, 1.54) is 6.07 Å². The third-order valence-electron chi connectivity index (χ3n) is 2.66. The molecule has 0 aliphatic heterocycles. The molecule has 1 aromatic carbocycles. The van der Waals surface area contributed by atoms with Gasteiger partial charge in [0.2, 0.25) is 15.9 Å². The molecule has 7 heteroatoms. The van der Waals surface area contributed by atoms with Crippen molar-refractivity contribution in [3.05, 3.63) is 23.8 Å². The molecule has 0 aliphatic carbocycles. The van der Waals surface area contributed by atoms with Crippen LogP contribution in [-0.4, -0.2) is 26.4 Å². The van der Waals surface area contributed by atoms with Crippen molar-refractivity contribution >= 4 is 21.6 Å². The Hall–Kier alpha value is -1.44. The van der Waals surface area contributed by atoms with Crippen molar-refractivity contribution in [1.29, 1.82) is 0 Å². The van der Waals surface area contributed by atoms with Gasteiger partial charge in [-0.1, -0.05) is 6.07 Å². The quantitative estimate of drug-likeness (QED) is 0.764. The Morgan fingerprint density at radius 2 is 1.90 bits per heavy atom. The molecule has 21 heavy (non-hydrogen) atoms. The van der Waals surface area contributed by atoms with E-state index in [2.05, 4.69) is 10.0 Å². The molecule has 1 rings (SSSR count). The third kappa shape index (κ3) is 5.11. The van der Waals surface area contributed by atoms with Crippen LogP contribution in [-0.2, 0) is 14.8 Å². The predicted molar refractivity (Wildman–Crippen MR) is 83.6 cm³/mol. The zero-order chi connectivity index (χ0) is 16.3. The fourth-order valence-electron chi connectivity index (χ4n) is 1.84. The topological polar surface area (TPSA) is 101 Å². The van der Waals surface area contributed by atoms with Gasteiger partial charge in [-0.25, -0.2) is 13.1 Å². The highest BCUT2D eigenvalue weighted by Gasteiger charge is 2.24. The number of carbonyl (C=O) groups is 1. The second-order valence-electron chi connectivity index (χ2n) is 5.87. The minimum atomic E-state index is -3.65. The van der Waals surface area contributed by atoms with E-state index < -0.39 is 15.6 Å². The molecule has 0 saturated carbocycles. The normalized spacial score (nSPS) is 12.2. The van der Waals surface area contributed by atoms with E-state index in [0.29, 0.717) is 11.3 Å². The summed E-state index contributed by atoms with van der Waals surface area (Å²) in [5.74, 6) is -0.237. The Balaban J connectivity index is 3.14. The van der Waals surface area contributed by atoms with Crippen molar-refractivity contribution in [3.8, 4) is 0 Å². The number of nitrogens with one attached hydrogen (secondary N) is 2. The number of amides is 1. The smallest absolute Gasteiger partial charge is 0.241 e. The third-order valence-corrected chi connectivity index (χ3v) is 4.56. The Labute approximate surface area is 126 Å². The molecular formula is C14H23N3O3S. The van der Waals surface area contributed by atoms with Crippen molar-refractivity contribution in [2.24, 2.45) is 5.73 Å². The minimum absolute atomic E-state index is 0.156. The van der Waals surface area contributed by atoms with Gasteiger partial charge in [0, 0.05) is 24.2 Å². The van der Waals surface area contributed by atoms with Crippen LogP contribution in [0.15, 0.2) is 23.1 Å². The van der Waals surface area contributed by atoms with Crippen LogP contribution in [0.3, 0.4) is 0 Å². The summed E-state index contributed by atoms with van der Waals surface area (Å²) >= 11 is 0. The Kier molecular flexibility index (Phi) is 5.49. The van der Waals surface area contributed by atoms with Gasteiger partial charge in [0.05, 0.1) is 4.90 Å². The van der Waals surface area contributed by atoms with Crippen LogP contribution < -0.4 is 15.8 Å². The first kappa shape index (κ1) is 17.6. The van der Waals surface area contributed by atoms with E-state index in [0.717, 1.165) is 0 Å². The number of nitrogens with two attached hydrogens (primary N) is 1. The number of hydrogen-bond donors (Lipinski definition) is 3. The van der Waals surface area contributed by atoms with E-state index in [-0.39, 0.29) is 23.8 Å². The molecule has 1 amide bonds. The van der Waals surface area contributed by atoms with Crippen LogP contribution >= 0.6 is 0 Å². The van der Waals surface area contributed by atoms with Crippen LogP contribution in [0.4, 0.5) is 5.69 Å². The fourth-order valence-corrected chi connectivity index (χ4v) is 3.53. The lowest BCUT2D eigenvalue weighted by atomic mass is 10.1. The summed E-state index contributed by atoms with van der Waals surface area (Å²) in [5, 5.41) is 2.68. The van der Waals surface area contributed by atoms with Crippen molar-refractivity contribution in [2.45, 2.75) is 44.6 Å². The average Bonchev–Trinajstić information content (AvgIpc) is 2.28. The maximum atomic E-state index is 12.4. The summed E-state index contributed by atoms with van der Waals surface area (Å²) in [6.07, 6.45) is 0.191. The number of anilines is 1. The van der Waals surface area contributed by atoms with E-state index in [1.807, 2.05) is 0 Å². The highest BCUT2D eigenvalue weighted by molar-refractivity contribution is 7.89. The zero-order valence-corrected chi connectivity index (χ0v) is 13.7. The molecule has 0 unspecified atom stereocenters. The number of carbonyl (C=O) groups excluding carboxylic acids is 1. The molecule has 0 saturated heterocycles. The minimum Gasteiger partial charge on any atom is -0.330 e. The summed E-state index contributed by atoms with van der Waals surface area (Å²) in [5.41, 5.74) is 5.72. The van der Waals surface area contributed by atoms with Gasteiger partial charge >= 0.3 is 0 Å². The van der Waals surface area contributed by atoms with Crippen molar-refractivity contribution in [2.75, 3.05) is 11.9 Å². The molecule has 6 nitrogen and oxygen atoms in total. The summed E-state index contributed by atoms with van der Waals surface area (Å²) in [6, 6.07) is 4.78. The van der Waals surface area contributed by atoms with Crippen LogP contribution in [0.2, 0.25) is 0 Å². The van der Waals surface area contributed by atoms with Crippen LogP contribution in [0.1, 0.15) is 32.8 Å². The standard InChI is InChI=1S/C14H23N3O3S/c1-10-11(16-13(18)8-9-15)6-5-7-12(10)21(19,20)17-14(2,3)4/h5-7,17H,8-9,15H2,1-4H3,(H,16,18). The summed E-state index contributed by atoms with van der Waals surface area (Å²) in [7, 11) is -3.65. The zero-order valence-electron chi connectivity index (χ0n) is 12.9. The van der Waals surface area contributed by atoms with Gasteiger partial charge < -0.3 is 11.1 Å². The van der Waals surface area contributed by atoms with Crippen molar-refractivity contribution in [3.63, 3.8) is 0 Å². The van der Waals surface area contributed by atoms with Crippen LogP contribution in [0, 0.1) is 6.92 Å². The number of rotatable bonds is 5. The predicted octanol–water partition coefficient (Wildman–Crippen LogP) is 1.36. The molecule has 0 atom stereocenters. The summed E-state index contributed by atoms with van der Waals surface area (Å²) in [4.78, 5) is 11.8. The molecule has 0 aromatic heterocycles. The van der Waals surface area contributed by atoms with Gasteiger partial charge in [-0.2, -0.15) is 0 Å². The second kappa shape index (κ2) is 6.55. The summed E-state index contributed by atoms with van der Waals surface area (Å²) < 4.78 is 27.4. The van der Waals surface area contributed by atoms with Crippen LogP contribution in [0.5, 0.6) is 0 Å². The molecule has 0 bridgehead atoms. The number of benzene rings is 1. The maximum Gasteiger partial charge on any atom is 0.241 e. The van der Waals surface area contributed by atoms with E-state index in [1.54, 1.807) is 39.8 Å². The summed E-state index contributed by atoms with van der Waals surface area (Å²) in [6.45, 7) is 7.22. The van der Waals surface area contributed by atoms with Crippen molar-refractivity contribution < 1.29 is 13.2 Å². The SMILES string of the molecule is Cc1c(NC(=O)CCN)cccc1S(=O)(=O)NC(C)(C)C. The van der Waals surface area contributed by atoms with Gasteiger partial charge in [-0.15, -0.1) is 0 Å². The average molecular weight is 313 g/mol. The molecule has 0 radical (unpaired) electrons. The van der Waals surface area contributed by atoms with E-state index >= 15 is 0 Å². The fraction of sp³-hybridized carbons (Fsp3) is 0.500. The second-order valence-corrected chi connectivity index (χ2v) is 7.52. The molecule has 118 valence electrons. The largest absolute Gasteiger partial charge is 0.330 e. The maximum absolute atomic E-state index is 12.4. The van der Waals surface area contributed by atoms with Gasteiger partial charge in [-0.3, -0.25) is 4.79 Å². The van der Waals surface area contributed by atoms with E-state index in [4.69, 9.17) is 5.73 Å². The first-order chi connectivity index (χ1) is 9.57. The molecule has 0 heterocycles. The molecule has 0 spiro atoms. The number of sulfonamides is 1. The molecule has 4 N–H and O–H groups in total. The lowest BCUT2D eigenvalue weighted by Gasteiger charge is -2.21. The lowest BCUT2D eigenvalue weighted by Crippen LogP contribution is -2.40. The molecule has 1 aromatic rings. The molecule has 0 aliphatic rings. The Bertz CT molecular complexity index is 619. The van der Waals surface area contributed by atoms with Gasteiger partial charge in [0.1, 0.15) is 0 Å². The first-order valence-electron chi connectivity index (χ1n) is 6.70. The lowest BCUT2D eigenvalue weighted by molar-refractivity contribution is -0.116.